The molecule has 1 aliphatic rings. The molecule has 2 rings (SSSR count). The van der Waals surface area contributed by atoms with Gasteiger partial charge in [-0.2, -0.15) is 0 Å². The number of hydrogen-bond donors (Lipinski definition) is 1. The molecular weight excluding hydrogens is 437 g/mol. The summed E-state index contributed by atoms with van der Waals surface area (Å²) in [5.74, 6) is 1.01. The van der Waals surface area contributed by atoms with Gasteiger partial charge in [-0.25, -0.2) is 0 Å². The number of aryl methyl sites for hydroxylation is 1. The van der Waals surface area contributed by atoms with Crippen molar-refractivity contribution in [1.29, 1.82) is 0 Å². The smallest absolute Gasteiger partial charge is 0.193 e. The Labute approximate surface area is 168 Å². The summed E-state index contributed by atoms with van der Waals surface area (Å²) in [5.41, 5.74) is 1.32. The summed E-state index contributed by atoms with van der Waals surface area (Å²) in [6.45, 7) is 5.83. The van der Waals surface area contributed by atoms with Gasteiger partial charge >= 0.3 is 0 Å². The normalized spacial score (nSPS) is 16.0. The molecule has 0 aliphatic carbocycles. The van der Waals surface area contributed by atoms with Crippen LogP contribution in [0.25, 0.3) is 0 Å². The molecule has 1 aromatic rings. The van der Waals surface area contributed by atoms with Gasteiger partial charge in [-0.1, -0.05) is 23.7 Å². The van der Waals surface area contributed by atoms with Crippen molar-refractivity contribution in [3.05, 3.63) is 34.9 Å². The molecule has 24 heavy (non-hydrogen) atoms. The third-order valence-corrected chi connectivity index (χ3v) is 4.45. The van der Waals surface area contributed by atoms with Crippen LogP contribution in [-0.4, -0.2) is 50.3 Å². The van der Waals surface area contributed by atoms with Crippen LogP contribution in [0, 0.1) is 0 Å². The molecule has 1 aliphatic heterocycles. The Balaban J connectivity index is 0.00000288. The van der Waals surface area contributed by atoms with Crippen molar-refractivity contribution in [2.45, 2.75) is 38.7 Å². The van der Waals surface area contributed by atoms with Crippen LogP contribution in [0.1, 0.15) is 31.7 Å². The van der Waals surface area contributed by atoms with Gasteiger partial charge in [-0.15, -0.1) is 24.0 Å². The van der Waals surface area contributed by atoms with E-state index in [9.17, 15) is 0 Å². The molecule has 0 unspecified atom stereocenters. The Morgan fingerprint density at radius 2 is 1.96 bits per heavy atom. The fourth-order valence-electron chi connectivity index (χ4n) is 2.95. The maximum Gasteiger partial charge on any atom is 0.193 e. The van der Waals surface area contributed by atoms with Crippen molar-refractivity contribution in [2.24, 2.45) is 4.99 Å². The van der Waals surface area contributed by atoms with Gasteiger partial charge in [0, 0.05) is 38.3 Å². The molecule has 0 radical (unpaired) electrons. The zero-order valence-electron chi connectivity index (χ0n) is 14.6. The first-order valence-corrected chi connectivity index (χ1v) is 8.92. The number of rotatable bonds is 6. The number of benzene rings is 1. The third kappa shape index (κ3) is 7.15. The Hall–Kier alpha value is -0.530. The lowest BCUT2D eigenvalue weighted by molar-refractivity contribution is 0.0264. The molecule has 0 spiro atoms. The van der Waals surface area contributed by atoms with Gasteiger partial charge in [0.05, 0.1) is 6.10 Å². The lowest BCUT2D eigenvalue weighted by atomic mass is 10.1. The van der Waals surface area contributed by atoms with E-state index in [2.05, 4.69) is 34.3 Å². The number of nitrogens with zero attached hydrogens (tertiary/aromatic N) is 2. The SMILES string of the molecule is CCOC1CCN(C(=NC)NCCCc2ccc(Cl)cc2)CC1.I. The molecule has 4 nitrogen and oxygen atoms in total. The minimum Gasteiger partial charge on any atom is -0.378 e. The van der Waals surface area contributed by atoms with Crippen LogP contribution in [0.3, 0.4) is 0 Å². The van der Waals surface area contributed by atoms with Crippen molar-refractivity contribution in [2.75, 3.05) is 33.3 Å². The van der Waals surface area contributed by atoms with E-state index in [1.807, 2.05) is 19.2 Å². The molecule has 6 heteroatoms. The Morgan fingerprint density at radius 3 is 2.54 bits per heavy atom. The van der Waals surface area contributed by atoms with E-state index in [0.717, 1.165) is 62.9 Å². The van der Waals surface area contributed by atoms with E-state index >= 15 is 0 Å². The number of piperidine rings is 1. The van der Waals surface area contributed by atoms with Crippen LogP contribution in [-0.2, 0) is 11.2 Å². The highest BCUT2D eigenvalue weighted by atomic mass is 127. The van der Waals surface area contributed by atoms with Gasteiger partial charge in [-0.05, 0) is 50.3 Å². The lowest BCUT2D eigenvalue weighted by Crippen LogP contribution is -2.47. The number of ether oxygens (including phenoxy) is 1. The molecule has 1 aromatic carbocycles. The zero-order chi connectivity index (χ0) is 16.5. The average molecular weight is 466 g/mol. The standard InChI is InChI=1S/C18H28ClN3O.HI/c1-3-23-17-10-13-22(14-11-17)18(20-2)21-12-4-5-15-6-8-16(19)9-7-15;/h6-9,17H,3-5,10-14H2,1-2H3,(H,20,21);1H. The van der Waals surface area contributed by atoms with Crippen molar-refractivity contribution in [1.82, 2.24) is 10.2 Å². The first-order chi connectivity index (χ1) is 11.2. The maximum absolute atomic E-state index is 5.91. The summed E-state index contributed by atoms with van der Waals surface area (Å²) in [7, 11) is 1.86. The number of nitrogens with one attached hydrogen (secondary N) is 1. The number of likely N-dealkylation sites (tertiary alicyclic amines) is 1. The van der Waals surface area contributed by atoms with Gasteiger partial charge in [0.15, 0.2) is 5.96 Å². The minimum absolute atomic E-state index is 0. The first-order valence-electron chi connectivity index (χ1n) is 8.54. The third-order valence-electron chi connectivity index (χ3n) is 4.19. The van der Waals surface area contributed by atoms with Gasteiger partial charge in [0.25, 0.3) is 0 Å². The minimum atomic E-state index is 0. The topological polar surface area (TPSA) is 36.9 Å². The summed E-state index contributed by atoms with van der Waals surface area (Å²) >= 11 is 5.91. The molecular formula is C18H29ClIN3O. The Bertz CT molecular complexity index is 488. The molecule has 0 bridgehead atoms. The Kier molecular flexibility index (Phi) is 10.7. The number of aliphatic imine (C=N–C) groups is 1. The highest BCUT2D eigenvalue weighted by Crippen LogP contribution is 2.14. The van der Waals surface area contributed by atoms with E-state index in [0.29, 0.717) is 6.10 Å². The van der Waals surface area contributed by atoms with Crippen LogP contribution in [0.15, 0.2) is 29.3 Å². The van der Waals surface area contributed by atoms with Gasteiger partial charge in [0.2, 0.25) is 0 Å². The summed E-state index contributed by atoms with van der Waals surface area (Å²) in [6, 6.07) is 8.09. The van der Waals surface area contributed by atoms with E-state index in [1.54, 1.807) is 0 Å². The molecule has 136 valence electrons. The highest BCUT2D eigenvalue weighted by molar-refractivity contribution is 14.0. The predicted octanol–water partition coefficient (Wildman–Crippen LogP) is 3.97. The summed E-state index contributed by atoms with van der Waals surface area (Å²) in [6.07, 6.45) is 4.71. The number of guanidine groups is 1. The average Bonchev–Trinajstić information content (AvgIpc) is 2.58. The van der Waals surface area contributed by atoms with Crippen molar-refractivity contribution >= 4 is 41.5 Å². The highest BCUT2D eigenvalue weighted by Gasteiger charge is 2.21. The summed E-state index contributed by atoms with van der Waals surface area (Å²) in [5, 5.41) is 4.27. The monoisotopic (exact) mass is 465 g/mol. The predicted molar refractivity (Wildman–Crippen MR) is 113 cm³/mol. The molecule has 0 aromatic heterocycles. The largest absolute Gasteiger partial charge is 0.378 e. The van der Waals surface area contributed by atoms with Crippen LogP contribution in [0.4, 0.5) is 0 Å². The second-order valence-corrected chi connectivity index (χ2v) is 6.28. The number of hydrogen-bond acceptors (Lipinski definition) is 2. The lowest BCUT2D eigenvalue weighted by Gasteiger charge is -2.34. The fourth-order valence-corrected chi connectivity index (χ4v) is 3.07. The van der Waals surface area contributed by atoms with Gasteiger partial charge < -0.3 is 15.0 Å². The molecule has 0 saturated carbocycles. The summed E-state index contributed by atoms with van der Waals surface area (Å²) in [4.78, 5) is 6.74. The van der Waals surface area contributed by atoms with E-state index < -0.39 is 0 Å². The number of halogens is 2. The van der Waals surface area contributed by atoms with Crippen LogP contribution < -0.4 is 5.32 Å². The zero-order valence-corrected chi connectivity index (χ0v) is 17.7. The van der Waals surface area contributed by atoms with E-state index in [4.69, 9.17) is 16.3 Å². The van der Waals surface area contributed by atoms with Crippen LogP contribution in [0.2, 0.25) is 5.02 Å². The second-order valence-electron chi connectivity index (χ2n) is 5.85. The first kappa shape index (κ1) is 21.5. The van der Waals surface area contributed by atoms with E-state index in [1.165, 1.54) is 5.56 Å². The molecule has 0 atom stereocenters. The van der Waals surface area contributed by atoms with E-state index in [-0.39, 0.29) is 24.0 Å². The quantitative estimate of drug-likeness (QED) is 0.299. The van der Waals surface area contributed by atoms with Crippen molar-refractivity contribution in [3.63, 3.8) is 0 Å². The van der Waals surface area contributed by atoms with Crippen LogP contribution in [0.5, 0.6) is 0 Å². The van der Waals surface area contributed by atoms with Gasteiger partial charge in [0.1, 0.15) is 0 Å². The second kappa shape index (κ2) is 11.9. The summed E-state index contributed by atoms with van der Waals surface area (Å²) < 4.78 is 5.70. The molecule has 1 N–H and O–H groups in total. The molecule has 1 saturated heterocycles. The molecule has 1 heterocycles. The molecule has 0 amide bonds. The van der Waals surface area contributed by atoms with Crippen molar-refractivity contribution in [3.8, 4) is 0 Å². The molecule has 1 fully saturated rings. The fraction of sp³-hybridized carbons (Fsp3) is 0.611. The van der Waals surface area contributed by atoms with Gasteiger partial charge in [-0.3, -0.25) is 4.99 Å². The van der Waals surface area contributed by atoms with Crippen LogP contribution >= 0.6 is 35.6 Å². The maximum atomic E-state index is 5.91. The van der Waals surface area contributed by atoms with Crippen molar-refractivity contribution < 1.29 is 4.74 Å². The Morgan fingerprint density at radius 1 is 1.29 bits per heavy atom.